The molecule has 3 rings (SSSR count). The summed E-state index contributed by atoms with van der Waals surface area (Å²) in [4.78, 5) is 14.5. The van der Waals surface area contributed by atoms with Crippen LogP contribution in [0.5, 0.6) is 5.75 Å². The Morgan fingerprint density at radius 1 is 1.47 bits per heavy atom. The van der Waals surface area contributed by atoms with Crippen LogP contribution in [0, 0.1) is 5.92 Å². The lowest BCUT2D eigenvalue weighted by Gasteiger charge is -2.27. The van der Waals surface area contributed by atoms with Gasteiger partial charge in [-0.15, -0.1) is 0 Å². The molecule has 2 heterocycles. The first-order valence-corrected chi connectivity index (χ1v) is 6.96. The molecule has 1 aromatic rings. The number of carbonyl (C=O) groups is 1. The summed E-state index contributed by atoms with van der Waals surface area (Å²) in [5.74, 6) is 1.42. The molecule has 0 spiro atoms. The van der Waals surface area contributed by atoms with E-state index >= 15 is 0 Å². The van der Waals surface area contributed by atoms with Crippen LogP contribution in [-0.2, 0) is 11.2 Å². The predicted molar refractivity (Wildman–Crippen MR) is 72.9 cm³/mol. The molecule has 4 nitrogen and oxygen atoms in total. The minimum Gasteiger partial charge on any atom is -0.480 e. The van der Waals surface area contributed by atoms with Gasteiger partial charge in [-0.1, -0.05) is 25.1 Å². The Morgan fingerprint density at radius 2 is 2.26 bits per heavy atom. The summed E-state index contributed by atoms with van der Waals surface area (Å²) < 4.78 is 5.78. The molecule has 3 atom stereocenters. The highest BCUT2D eigenvalue weighted by molar-refractivity contribution is 5.83. The molecule has 102 valence electrons. The molecular formula is C15H20N2O2. The van der Waals surface area contributed by atoms with Crippen LogP contribution < -0.4 is 10.5 Å². The quantitative estimate of drug-likeness (QED) is 0.869. The Morgan fingerprint density at radius 3 is 3.00 bits per heavy atom. The molecule has 0 bridgehead atoms. The molecule has 0 saturated carbocycles. The summed E-state index contributed by atoms with van der Waals surface area (Å²) in [6.07, 6.45) is 1.35. The molecule has 2 aliphatic rings. The second kappa shape index (κ2) is 4.85. The van der Waals surface area contributed by atoms with Crippen LogP contribution >= 0.6 is 0 Å². The Balaban J connectivity index is 1.73. The molecule has 1 fully saturated rings. The molecule has 3 unspecified atom stereocenters. The topological polar surface area (TPSA) is 55.6 Å². The van der Waals surface area contributed by atoms with Gasteiger partial charge >= 0.3 is 0 Å². The van der Waals surface area contributed by atoms with E-state index in [1.54, 1.807) is 0 Å². The molecular weight excluding hydrogens is 240 g/mol. The van der Waals surface area contributed by atoms with Gasteiger partial charge in [0.15, 0.2) is 6.10 Å². The SMILES string of the molecule is CC1CCN(C(=O)C2Cc3ccccc3O2)C1CN. The zero-order chi connectivity index (χ0) is 13.4. The van der Waals surface area contributed by atoms with Crippen molar-refractivity contribution in [1.29, 1.82) is 0 Å². The smallest absolute Gasteiger partial charge is 0.264 e. The maximum atomic E-state index is 12.6. The van der Waals surface area contributed by atoms with Crippen LogP contribution in [0.25, 0.3) is 0 Å². The fraction of sp³-hybridized carbons (Fsp3) is 0.533. The van der Waals surface area contributed by atoms with E-state index < -0.39 is 0 Å². The van der Waals surface area contributed by atoms with Gasteiger partial charge in [0.25, 0.3) is 5.91 Å². The number of hydrogen-bond acceptors (Lipinski definition) is 3. The van der Waals surface area contributed by atoms with Crippen molar-refractivity contribution < 1.29 is 9.53 Å². The largest absolute Gasteiger partial charge is 0.480 e. The number of nitrogens with two attached hydrogens (primary N) is 1. The number of ether oxygens (including phenoxy) is 1. The Kier molecular flexibility index (Phi) is 3.19. The lowest BCUT2D eigenvalue weighted by molar-refractivity contribution is -0.138. The van der Waals surface area contributed by atoms with Crippen molar-refractivity contribution in [2.75, 3.05) is 13.1 Å². The second-order valence-electron chi connectivity index (χ2n) is 5.52. The van der Waals surface area contributed by atoms with E-state index in [0.29, 0.717) is 18.9 Å². The molecule has 4 heteroatoms. The number of rotatable bonds is 2. The number of amides is 1. The van der Waals surface area contributed by atoms with Gasteiger partial charge in [0.05, 0.1) is 0 Å². The maximum Gasteiger partial charge on any atom is 0.264 e. The lowest BCUT2D eigenvalue weighted by Crippen LogP contribution is -2.47. The van der Waals surface area contributed by atoms with Gasteiger partial charge in [-0.05, 0) is 24.0 Å². The number of para-hydroxylation sites is 1. The summed E-state index contributed by atoms with van der Waals surface area (Å²) in [6.45, 7) is 3.50. The average molecular weight is 260 g/mol. The summed E-state index contributed by atoms with van der Waals surface area (Å²) >= 11 is 0. The monoisotopic (exact) mass is 260 g/mol. The van der Waals surface area contributed by atoms with Crippen molar-refractivity contribution in [3.8, 4) is 5.75 Å². The minimum absolute atomic E-state index is 0.0935. The van der Waals surface area contributed by atoms with E-state index in [-0.39, 0.29) is 18.1 Å². The van der Waals surface area contributed by atoms with E-state index in [1.807, 2.05) is 29.2 Å². The molecule has 19 heavy (non-hydrogen) atoms. The summed E-state index contributed by atoms with van der Waals surface area (Å²) in [5, 5.41) is 0. The lowest BCUT2D eigenvalue weighted by atomic mass is 10.0. The normalized spacial score (nSPS) is 29.2. The van der Waals surface area contributed by atoms with E-state index in [4.69, 9.17) is 10.5 Å². The zero-order valence-electron chi connectivity index (χ0n) is 11.2. The van der Waals surface area contributed by atoms with Crippen molar-refractivity contribution in [3.63, 3.8) is 0 Å². The van der Waals surface area contributed by atoms with Gasteiger partial charge in [0.1, 0.15) is 5.75 Å². The standard InChI is InChI=1S/C15H20N2O2/c1-10-6-7-17(12(10)9-16)15(18)14-8-11-4-2-3-5-13(11)19-14/h2-5,10,12,14H,6-9,16H2,1H3. The van der Waals surface area contributed by atoms with E-state index in [9.17, 15) is 4.79 Å². The van der Waals surface area contributed by atoms with Crippen molar-refractivity contribution in [2.24, 2.45) is 11.7 Å². The molecule has 1 aromatic carbocycles. The summed E-state index contributed by atoms with van der Waals surface area (Å²) in [7, 11) is 0. The highest BCUT2D eigenvalue weighted by Crippen LogP contribution is 2.31. The molecule has 2 N–H and O–H groups in total. The average Bonchev–Trinajstić information content (AvgIpc) is 3.00. The van der Waals surface area contributed by atoms with Gasteiger partial charge in [-0.3, -0.25) is 4.79 Å². The molecule has 0 aromatic heterocycles. The Labute approximate surface area is 113 Å². The first kappa shape index (κ1) is 12.5. The highest BCUT2D eigenvalue weighted by atomic mass is 16.5. The minimum atomic E-state index is -0.364. The molecule has 1 amide bonds. The number of likely N-dealkylation sites (tertiary alicyclic amines) is 1. The zero-order valence-corrected chi connectivity index (χ0v) is 11.2. The van der Waals surface area contributed by atoms with E-state index in [0.717, 1.165) is 24.3 Å². The van der Waals surface area contributed by atoms with Crippen LogP contribution in [0.2, 0.25) is 0 Å². The second-order valence-corrected chi connectivity index (χ2v) is 5.52. The van der Waals surface area contributed by atoms with Crippen LogP contribution in [-0.4, -0.2) is 36.0 Å². The van der Waals surface area contributed by atoms with Crippen LogP contribution in [0.4, 0.5) is 0 Å². The van der Waals surface area contributed by atoms with Gasteiger partial charge in [-0.25, -0.2) is 0 Å². The third-order valence-corrected chi connectivity index (χ3v) is 4.33. The van der Waals surface area contributed by atoms with Crippen LogP contribution in [0.3, 0.4) is 0 Å². The number of fused-ring (bicyclic) bond motifs is 1. The van der Waals surface area contributed by atoms with Crippen LogP contribution in [0.1, 0.15) is 18.9 Å². The predicted octanol–water partition coefficient (Wildman–Crippen LogP) is 1.19. The van der Waals surface area contributed by atoms with Gasteiger partial charge in [0, 0.05) is 25.6 Å². The van der Waals surface area contributed by atoms with Gasteiger partial charge < -0.3 is 15.4 Å². The first-order chi connectivity index (χ1) is 9.20. The Bertz CT molecular complexity index is 464. The van der Waals surface area contributed by atoms with Crippen molar-refractivity contribution in [1.82, 2.24) is 4.90 Å². The van der Waals surface area contributed by atoms with Crippen molar-refractivity contribution in [3.05, 3.63) is 29.8 Å². The number of hydrogen-bond donors (Lipinski definition) is 1. The van der Waals surface area contributed by atoms with E-state index in [1.165, 1.54) is 0 Å². The summed E-state index contributed by atoms with van der Waals surface area (Å²) in [6, 6.07) is 8.03. The van der Waals surface area contributed by atoms with Crippen LogP contribution in [0.15, 0.2) is 24.3 Å². The van der Waals surface area contributed by atoms with E-state index in [2.05, 4.69) is 6.92 Å². The fourth-order valence-corrected chi connectivity index (χ4v) is 3.15. The van der Waals surface area contributed by atoms with Gasteiger partial charge in [-0.2, -0.15) is 0 Å². The third kappa shape index (κ3) is 2.10. The number of nitrogens with zero attached hydrogens (tertiary/aromatic N) is 1. The highest BCUT2D eigenvalue weighted by Gasteiger charge is 2.39. The third-order valence-electron chi connectivity index (χ3n) is 4.33. The van der Waals surface area contributed by atoms with Gasteiger partial charge in [0.2, 0.25) is 0 Å². The molecule has 2 aliphatic heterocycles. The first-order valence-electron chi connectivity index (χ1n) is 6.96. The molecule has 1 saturated heterocycles. The molecule has 0 aliphatic carbocycles. The van der Waals surface area contributed by atoms with Crippen molar-refractivity contribution >= 4 is 5.91 Å². The maximum absolute atomic E-state index is 12.6. The molecule has 0 radical (unpaired) electrons. The number of benzene rings is 1. The summed E-state index contributed by atoms with van der Waals surface area (Å²) in [5.41, 5.74) is 6.92. The fourth-order valence-electron chi connectivity index (χ4n) is 3.15. The van der Waals surface area contributed by atoms with Crippen molar-refractivity contribution in [2.45, 2.75) is 31.9 Å². The Hall–Kier alpha value is -1.55. The number of carbonyl (C=O) groups excluding carboxylic acids is 1.